The van der Waals surface area contributed by atoms with Crippen molar-refractivity contribution in [2.75, 3.05) is 24.5 Å². The third-order valence-electron chi connectivity index (χ3n) is 6.89. The van der Waals surface area contributed by atoms with Crippen molar-refractivity contribution in [3.05, 3.63) is 52.8 Å². The van der Waals surface area contributed by atoms with E-state index in [0.29, 0.717) is 22.0 Å². The molecule has 0 spiro atoms. The molecule has 4 atom stereocenters. The Morgan fingerprint density at radius 1 is 1.23 bits per heavy atom. The quantitative estimate of drug-likeness (QED) is 0.498. The lowest BCUT2D eigenvalue weighted by molar-refractivity contribution is -0.117. The van der Waals surface area contributed by atoms with Gasteiger partial charge in [-0.15, -0.1) is 0 Å². The minimum absolute atomic E-state index is 0.0199. The first-order chi connectivity index (χ1) is 17.1. The van der Waals surface area contributed by atoms with Crippen molar-refractivity contribution < 1.29 is 14.3 Å². The highest BCUT2D eigenvalue weighted by atomic mass is 32.2. The van der Waals surface area contributed by atoms with Crippen LogP contribution in [0.2, 0.25) is 0 Å². The van der Waals surface area contributed by atoms with Crippen LogP contribution in [0.25, 0.3) is 0 Å². The second kappa shape index (κ2) is 9.14. The molecule has 35 heavy (non-hydrogen) atoms. The third-order valence-corrected chi connectivity index (χ3v) is 8.24. The first kappa shape index (κ1) is 22.3. The van der Waals surface area contributed by atoms with E-state index in [9.17, 15) is 9.59 Å². The summed E-state index contributed by atoms with van der Waals surface area (Å²) in [6.07, 6.45) is 3.33. The second-order valence-electron chi connectivity index (χ2n) is 9.12. The van der Waals surface area contributed by atoms with Crippen LogP contribution in [-0.2, 0) is 4.79 Å². The van der Waals surface area contributed by atoms with Gasteiger partial charge in [0.1, 0.15) is 5.75 Å². The Balaban J connectivity index is 1.27. The minimum Gasteiger partial charge on any atom is -0.424 e. The number of hydrogen-bond acceptors (Lipinski definition) is 8. The fourth-order valence-electron chi connectivity index (χ4n) is 5.25. The van der Waals surface area contributed by atoms with E-state index in [1.807, 2.05) is 37.3 Å². The van der Waals surface area contributed by atoms with Gasteiger partial charge in [-0.05, 0) is 45.0 Å². The van der Waals surface area contributed by atoms with E-state index in [-0.39, 0.29) is 41.3 Å². The van der Waals surface area contributed by atoms with Gasteiger partial charge in [0.25, 0.3) is 5.91 Å². The van der Waals surface area contributed by atoms with Crippen molar-refractivity contribution in [2.45, 2.75) is 37.2 Å². The van der Waals surface area contributed by atoms with Gasteiger partial charge < -0.3 is 26.0 Å². The van der Waals surface area contributed by atoms with Gasteiger partial charge in [0.2, 0.25) is 0 Å². The van der Waals surface area contributed by atoms with Gasteiger partial charge in [0.15, 0.2) is 0 Å². The van der Waals surface area contributed by atoms with Crippen LogP contribution in [0.5, 0.6) is 11.8 Å². The van der Waals surface area contributed by atoms with Crippen LogP contribution in [0.3, 0.4) is 0 Å². The number of amides is 3. The number of aromatic nitrogens is 2. The molecular formula is C24H27N7O3S. The van der Waals surface area contributed by atoms with E-state index >= 15 is 0 Å². The van der Waals surface area contributed by atoms with Crippen LogP contribution in [0.1, 0.15) is 18.5 Å². The first-order valence-electron chi connectivity index (χ1n) is 11.9. The van der Waals surface area contributed by atoms with E-state index in [0.717, 1.165) is 38.2 Å². The predicted molar refractivity (Wildman–Crippen MR) is 132 cm³/mol. The number of aryl methyl sites for hydroxylation is 1. The highest BCUT2D eigenvalue weighted by Gasteiger charge is 2.52. The number of urea groups is 1. The summed E-state index contributed by atoms with van der Waals surface area (Å²) in [6.45, 7) is 4.29. The highest BCUT2D eigenvalue weighted by Crippen LogP contribution is 2.48. The van der Waals surface area contributed by atoms with E-state index < -0.39 is 0 Å². The molecule has 0 bridgehead atoms. The molecule has 11 heteroatoms. The SMILES string of the molecule is Cc1nc(Oc2ccccc2)ncc1N1C(=O)NC2=C(C(=O)N[C@@H]3CCNC3)SC3NCCC1C23. The number of para-hydroxylation sites is 1. The van der Waals surface area contributed by atoms with Crippen molar-refractivity contribution in [1.82, 2.24) is 31.2 Å². The molecule has 4 aliphatic rings. The Bertz CT molecular complexity index is 1180. The lowest BCUT2D eigenvalue weighted by Crippen LogP contribution is -2.62. The number of rotatable bonds is 5. The lowest BCUT2D eigenvalue weighted by Gasteiger charge is -2.45. The van der Waals surface area contributed by atoms with Crippen molar-refractivity contribution >= 4 is 29.4 Å². The molecule has 2 aromatic rings. The number of hydrogen-bond donors (Lipinski definition) is 4. The summed E-state index contributed by atoms with van der Waals surface area (Å²) in [5.74, 6) is 0.520. The van der Waals surface area contributed by atoms with E-state index in [1.54, 1.807) is 11.1 Å². The topological polar surface area (TPSA) is 121 Å². The summed E-state index contributed by atoms with van der Waals surface area (Å²) in [5, 5.41) is 13.0. The number of piperidine rings is 1. The highest BCUT2D eigenvalue weighted by molar-refractivity contribution is 8.04. The number of thioether (sulfide) groups is 1. The summed E-state index contributed by atoms with van der Waals surface area (Å²) in [7, 11) is 0. The Hall–Kier alpha value is -3.15. The number of nitrogens with one attached hydrogen (secondary N) is 4. The monoisotopic (exact) mass is 493 g/mol. The molecule has 5 heterocycles. The maximum Gasteiger partial charge on any atom is 0.326 e. The molecule has 3 amide bonds. The molecule has 0 saturated carbocycles. The lowest BCUT2D eigenvalue weighted by atomic mass is 9.86. The maximum absolute atomic E-state index is 13.4. The Kier molecular flexibility index (Phi) is 5.83. The van der Waals surface area contributed by atoms with Gasteiger partial charge in [-0.1, -0.05) is 30.0 Å². The van der Waals surface area contributed by atoms with Crippen molar-refractivity contribution in [3.63, 3.8) is 0 Å². The standard InChI is InChI=1S/C24H27N7O3S/c1-13-17(12-27-23(28-13)34-15-5-3-2-4-6-15)31-16-8-10-26-22-18(16)19(30-24(31)33)20(35-22)21(32)29-14-7-9-25-11-14/h2-6,12,14,16,18,22,25-26H,7-11H2,1H3,(H,29,32)(H,30,33)/t14-,16?,18?,22?/m1/s1. The summed E-state index contributed by atoms with van der Waals surface area (Å²) < 4.78 is 5.76. The zero-order valence-electron chi connectivity index (χ0n) is 19.3. The molecule has 182 valence electrons. The van der Waals surface area contributed by atoms with Crippen LogP contribution < -0.4 is 30.9 Å². The van der Waals surface area contributed by atoms with Crippen LogP contribution in [0, 0.1) is 12.8 Å². The van der Waals surface area contributed by atoms with Gasteiger partial charge >= 0.3 is 12.0 Å². The largest absolute Gasteiger partial charge is 0.424 e. The number of benzene rings is 1. The second-order valence-corrected chi connectivity index (χ2v) is 10.3. The Morgan fingerprint density at radius 3 is 2.86 bits per heavy atom. The fraction of sp³-hybridized carbons (Fsp3) is 0.417. The van der Waals surface area contributed by atoms with Gasteiger partial charge in [-0.3, -0.25) is 9.69 Å². The average Bonchev–Trinajstić information content (AvgIpc) is 3.50. The van der Waals surface area contributed by atoms with E-state index in [4.69, 9.17) is 4.74 Å². The number of ether oxygens (including phenoxy) is 1. The van der Waals surface area contributed by atoms with Gasteiger partial charge in [-0.2, -0.15) is 4.98 Å². The summed E-state index contributed by atoms with van der Waals surface area (Å²) in [6, 6.07) is 9.34. The molecule has 3 unspecified atom stereocenters. The molecule has 6 rings (SSSR count). The number of anilines is 1. The van der Waals surface area contributed by atoms with Crippen molar-refractivity contribution in [1.29, 1.82) is 0 Å². The third kappa shape index (κ3) is 4.13. The molecule has 0 aliphatic carbocycles. The van der Waals surface area contributed by atoms with Crippen LogP contribution in [0.4, 0.5) is 10.5 Å². The van der Waals surface area contributed by atoms with Crippen molar-refractivity contribution in [3.8, 4) is 11.8 Å². The molecule has 4 N–H and O–H groups in total. The molecule has 10 nitrogen and oxygen atoms in total. The Labute approximate surface area is 207 Å². The van der Waals surface area contributed by atoms with Gasteiger partial charge in [0, 0.05) is 24.2 Å². The fourth-order valence-corrected chi connectivity index (χ4v) is 6.65. The Morgan fingerprint density at radius 2 is 2.09 bits per heavy atom. The van der Waals surface area contributed by atoms with Gasteiger partial charge in [-0.25, -0.2) is 9.78 Å². The summed E-state index contributed by atoms with van der Waals surface area (Å²) in [5.41, 5.74) is 2.03. The maximum atomic E-state index is 13.4. The smallest absolute Gasteiger partial charge is 0.326 e. The molecule has 3 saturated heterocycles. The van der Waals surface area contributed by atoms with Crippen molar-refractivity contribution in [2.24, 2.45) is 5.92 Å². The van der Waals surface area contributed by atoms with Crippen LogP contribution >= 0.6 is 11.8 Å². The summed E-state index contributed by atoms with van der Waals surface area (Å²) in [4.78, 5) is 37.8. The zero-order chi connectivity index (χ0) is 23.9. The molecule has 1 aromatic heterocycles. The van der Waals surface area contributed by atoms with Crippen LogP contribution in [-0.4, -0.2) is 59.0 Å². The van der Waals surface area contributed by atoms with Crippen LogP contribution in [0.15, 0.2) is 47.1 Å². The molecular weight excluding hydrogens is 466 g/mol. The molecule has 3 fully saturated rings. The molecule has 0 radical (unpaired) electrons. The van der Waals surface area contributed by atoms with Gasteiger partial charge in [0.05, 0.1) is 33.9 Å². The number of nitrogens with zero attached hydrogens (tertiary/aromatic N) is 3. The minimum atomic E-state index is -0.263. The first-order valence-corrected chi connectivity index (χ1v) is 12.8. The average molecular weight is 494 g/mol. The number of carbonyl (C=O) groups excluding carboxylic acids is 2. The normalized spacial score (nSPS) is 27.5. The zero-order valence-corrected chi connectivity index (χ0v) is 20.1. The van der Waals surface area contributed by atoms with E-state index in [1.165, 1.54) is 11.8 Å². The summed E-state index contributed by atoms with van der Waals surface area (Å²) >= 11 is 1.51. The predicted octanol–water partition coefficient (Wildman–Crippen LogP) is 1.85. The van der Waals surface area contributed by atoms with E-state index in [2.05, 4.69) is 31.2 Å². The number of carbonyl (C=O) groups is 2. The molecule has 1 aromatic carbocycles. The molecule has 4 aliphatic heterocycles.